The Morgan fingerprint density at radius 2 is 2.29 bits per heavy atom. The topological polar surface area (TPSA) is 0 Å². The second-order valence-corrected chi connectivity index (χ2v) is 1.36. The predicted molar refractivity (Wildman–Crippen MR) is 33.7 cm³/mol. The third kappa shape index (κ3) is 5.74. The second kappa shape index (κ2) is 5.74. The van der Waals surface area contributed by atoms with Gasteiger partial charge in [0.1, 0.15) is 0 Å². The van der Waals surface area contributed by atoms with Crippen molar-refractivity contribution in [2.45, 2.75) is 19.8 Å². The normalized spacial score (nSPS) is 10.6. The molecular weight excluding hydrogens is 84.1 g/mol. The summed E-state index contributed by atoms with van der Waals surface area (Å²) >= 11 is 0. The van der Waals surface area contributed by atoms with Crippen molar-refractivity contribution in [3.63, 3.8) is 0 Å². The Hall–Kier alpha value is -0.260. The summed E-state index contributed by atoms with van der Waals surface area (Å²) in [4.78, 5) is 0. The first-order valence-electron chi connectivity index (χ1n) is 2.69. The second-order valence-electron chi connectivity index (χ2n) is 1.36. The van der Waals surface area contributed by atoms with Crippen LogP contribution in [0.25, 0.3) is 0 Å². The van der Waals surface area contributed by atoms with Gasteiger partial charge in [0, 0.05) is 0 Å². The molecule has 0 unspecified atom stereocenters. The molecule has 0 bridgehead atoms. The minimum absolute atomic E-state index is 0.899. The molecule has 0 aromatic heterocycles. The summed E-state index contributed by atoms with van der Waals surface area (Å²) in [6, 6.07) is 0. The third-order valence-corrected chi connectivity index (χ3v) is 0.675. The van der Waals surface area contributed by atoms with E-state index < -0.39 is 0 Å². The Bertz CT molecular complexity index is 44.0. The number of allylic oxidation sites excluding steroid dienone is 2. The zero-order chi connectivity index (χ0) is 5.54. The van der Waals surface area contributed by atoms with E-state index in [2.05, 4.69) is 20.3 Å². The van der Waals surface area contributed by atoms with Gasteiger partial charge in [0.25, 0.3) is 0 Å². The van der Waals surface area contributed by atoms with E-state index in [0.717, 1.165) is 12.8 Å². The number of hydrogen-bond donors (Lipinski definition) is 0. The standard InChI is InChI=1S/C7H12/c1-3-5-7-6-4-2/h5-7H,1,3-4H2,2H3/b7-5+. The molecule has 0 aromatic rings. The molecule has 0 rings (SSSR count). The minimum atomic E-state index is 0.899. The Morgan fingerprint density at radius 3 is 2.71 bits per heavy atom. The number of hydrogen-bond acceptors (Lipinski definition) is 0. The van der Waals surface area contributed by atoms with Gasteiger partial charge < -0.3 is 0 Å². The van der Waals surface area contributed by atoms with Crippen LogP contribution >= 0.6 is 0 Å². The van der Waals surface area contributed by atoms with E-state index in [1.807, 2.05) is 12.2 Å². The Labute approximate surface area is 46.2 Å². The van der Waals surface area contributed by atoms with Gasteiger partial charge in [-0.25, -0.2) is 0 Å². The van der Waals surface area contributed by atoms with E-state index >= 15 is 0 Å². The van der Waals surface area contributed by atoms with Gasteiger partial charge in [-0.3, -0.25) is 0 Å². The summed E-state index contributed by atoms with van der Waals surface area (Å²) < 4.78 is 0. The molecule has 0 atom stereocenters. The van der Waals surface area contributed by atoms with E-state index in [-0.39, 0.29) is 0 Å². The van der Waals surface area contributed by atoms with Crippen molar-refractivity contribution < 1.29 is 0 Å². The predicted octanol–water partition coefficient (Wildman–Crippen LogP) is 2.38. The van der Waals surface area contributed by atoms with Crippen molar-refractivity contribution in [1.82, 2.24) is 0 Å². The monoisotopic (exact) mass is 96.1 g/mol. The van der Waals surface area contributed by atoms with Gasteiger partial charge in [0.15, 0.2) is 0 Å². The quantitative estimate of drug-likeness (QED) is 0.506. The summed E-state index contributed by atoms with van der Waals surface area (Å²) in [5.74, 6) is 0. The van der Waals surface area contributed by atoms with Crippen LogP contribution in [0.1, 0.15) is 19.8 Å². The summed E-state index contributed by atoms with van der Waals surface area (Å²) in [6.07, 6.45) is 8.23. The minimum Gasteiger partial charge on any atom is -0.0882 e. The fraction of sp³-hybridized carbons (Fsp3) is 0.429. The van der Waals surface area contributed by atoms with Crippen LogP contribution in [-0.2, 0) is 0 Å². The van der Waals surface area contributed by atoms with Crippen LogP contribution in [0.4, 0.5) is 0 Å². The highest BCUT2D eigenvalue weighted by molar-refractivity contribution is 4.93. The van der Waals surface area contributed by atoms with Gasteiger partial charge in [-0.2, -0.15) is 0 Å². The molecule has 0 heteroatoms. The van der Waals surface area contributed by atoms with Crippen molar-refractivity contribution in [1.29, 1.82) is 0 Å². The van der Waals surface area contributed by atoms with E-state index in [4.69, 9.17) is 0 Å². The molecule has 0 aliphatic heterocycles. The van der Waals surface area contributed by atoms with Crippen LogP contribution in [0.3, 0.4) is 0 Å². The highest BCUT2D eigenvalue weighted by Crippen LogP contribution is 1.87. The fourth-order valence-electron chi connectivity index (χ4n) is 0.329. The molecule has 0 heterocycles. The lowest BCUT2D eigenvalue weighted by Gasteiger charge is -1.78. The average molecular weight is 96.2 g/mol. The van der Waals surface area contributed by atoms with Crippen LogP contribution in [0.5, 0.6) is 0 Å². The molecule has 0 amide bonds. The maximum absolute atomic E-state index is 3.65. The molecule has 0 aromatic carbocycles. The van der Waals surface area contributed by atoms with E-state index in [1.54, 1.807) is 0 Å². The highest BCUT2D eigenvalue weighted by Gasteiger charge is 1.68. The summed E-state index contributed by atoms with van der Waals surface area (Å²) in [6.45, 7) is 5.77. The molecule has 0 N–H and O–H groups in total. The molecule has 7 heavy (non-hydrogen) atoms. The molecule has 0 saturated carbocycles. The first-order chi connectivity index (χ1) is 3.41. The average Bonchev–Trinajstić information content (AvgIpc) is 1.69. The lowest BCUT2D eigenvalue weighted by Crippen LogP contribution is -1.60. The Morgan fingerprint density at radius 1 is 1.57 bits per heavy atom. The van der Waals surface area contributed by atoms with Gasteiger partial charge in [0.05, 0.1) is 0 Å². The Kier molecular flexibility index (Phi) is 5.53. The van der Waals surface area contributed by atoms with Crippen LogP contribution in [0, 0.1) is 13.3 Å². The van der Waals surface area contributed by atoms with Crippen LogP contribution in [-0.4, -0.2) is 0 Å². The molecule has 0 aliphatic carbocycles. The van der Waals surface area contributed by atoms with Crippen molar-refractivity contribution >= 4 is 0 Å². The Balaban J connectivity index is 2.78. The van der Waals surface area contributed by atoms with Crippen LogP contribution in [0.15, 0.2) is 12.2 Å². The molecule has 0 saturated heterocycles. The van der Waals surface area contributed by atoms with Crippen molar-refractivity contribution in [2.24, 2.45) is 0 Å². The highest BCUT2D eigenvalue weighted by atomic mass is 13.7. The maximum Gasteiger partial charge on any atom is -0.0173 e. The first kappa shape index (κ1) is 6.74. The van der Waals surface area contributed by atoms with Gasteiger partial charge in [-0.1, -0.05) is 19.1 Å². The molecule has 0 aliphatic rings. The van der Waals surface area contributed by atoms with Gasteiger partial charge in [-0.05, 0) is 26.2 Å². The van der Waals surface area contributed by atoms with E-state index in [1.165, 1.54) is 0 Å². The molecule has 0 fully saturated rings. The molecule has 2 radical (unpaired) electrons. The van der Waals surface area contributed by atoms with Gasteiger partial charge in [-0.15, -0.1) is 0 Å². The summed E-state index contributed by atoms with van der Waals surface area (Å²) in [7, 11) is 0. The first-order valence-corrected chi connectivity index (χ1v) is 2.69. The SMILES string of the molecule is [CH2]C/C=C/[CH]CC. The van der Waals surface area contributed by atoms with E-state index in [9.17, 15) is 0 Å². The lowest BCUT2D eigenvalue weighted by molar-refractivity contribution is 1.14. The van der Waals surface area contributed by atoms with Crippen molar-refractivity contribution in [3.05, 3.63) is 25.5 Å². The maximum atomic E-state index is 3.65. The van der Waals surface area contributed by atoms with Crippen molar-refractivity contribution in [3.8, 4) is 0 Å². The third-order valence-electron chi connectivity index (χ3n) is 0.675. The van der Waals surface area contributed by atoms with Crippen molar-refractivity contribution in [2.75, 3.05) is 0 Å². The molecule has 0 nitrogen and oxygen atoms in total. The fourth-order valence-corrected chi connectivity index (χ4v) is 0.329. The smallest absolute Gasteiger partial charge is 0.0173 e. The van der Waals surface area contributed by atoms with E-state index in [0.29, 0.717) is 0 Å². The zero-order valence-corrected chi connectivity index (χ0v) is 4.85. The summed E-state index contributed by atoms with van der Waals surface area (Å²) in [5.41, 5.74) is 0. The molecule has 40 valence electrons. The van der Waals surface area contributed by atoms with Gasteiger partial charge >= 0.3 is 0 Å². The number of rotatable bonds is 3. The lowest BCUT2D eigenvalue weighted by atomic mass is 10.3. The number of unbranched alkanes of at least 4 members (excludes halogenated alkanes) is 1. The largest absolute Gasteiger partial charge is 0.0882 e. The van der Waals surface area contributed by atoms with Gasteiger partial charge in [0.2, 0.25) is 0 Å². The molecule has 0 spiro atoms. The summed E-state index contributed by atoms with van der Waals surface area (Å²) in [5, 5.41) is 0. The zero-order valence-electron chi connectivity index (χ0n) is 4.85. The molecular formula is C7H12. The van der Waals surface area contributed by atoms with Crippen LogP contribution in [0.2, 0.25) is 0 Å². The van der Waals surface area contributed by atoms with Crippen LogP contribution < -0.4 is 0 Å².